The van der Waals surface area contributed by atoms with Gasteiger partial charge in [0.15, 0.2) is 0 Å². The number of hydrogen-bond donors (Lipinski definition) is 0. The lowest BCUT2D eigenvalue weighted by atomic mass is 10.1. The normalized spacial score (nSPS) is 11.3. The molecule has 0 N–H and O–H groups in total. The quantitative estimate of drug-likeness (QED) is 0.368. The minimum absolute atomic E-state index is 0.0525. The summed E-state index contributed by atoms with van der Waals surface area (Å²) in [7, 11) is 0. The van der Waals surface area contributed by atoms with Crippen LogP contribution in [0.5, 0.6) is 0 Å². The molecule has 0 aliphatic carbocycles. The standard InChI is InChI=1S/C15H10N2O2S/c16-11-20-15(13-9-5-2-6-10-13)14(17(18)19)12-7-3-1-4-8-12/h1-10H/b15-14+. The Morgan fingerprint density at radius 3 is 1.95 bits per heavy atom. The largest absolute Gasteiger partial charge is 0.291 e. The fourth-order valence-corrected chi connectivity index (χ4v) is 2.43. The van der Waals surface area contributed by atoms with Gasteiger partial charge in [-0.15, -0.1) is 0 Å². The minimum Gasteiger partial charge on any atom is -0.258 e. The number of rotatable bonds is 4. The van der Waals surface area contributed by atoms with Crippen molar-refractivity contribution in [3.05, 3.63) is 81.9 Å². The van der Waals surface area contributed by atoms with E-state index in [1.165, 1.54) is 0 Å². The van der Waals surface area contributed by atoms with Crippen molar-refractivity contribution in [1.29, 1.82) is 5.26 Å². The molecule has 0 aliphatic rings. The maximum absolute atomic E-state index is 11.4. The van der Waals surface area contributed by atoms with Gasteiger partial charge >= 0.3 is 0 Å². The lowest BCUT2D eigenvalue weighted by Crippen LogP contribution is -2.00. The van der Waals surface area contributed by atoms with Crippen LogP contribution in [0.25, 0.3) is 10.6 Å². The molecule has 0 fully saturated rings. The van der Waals surface area contributed by atoms with E-state index in [4.69, 9.17) is 5.26 Å². The molecule has 20 heavy (non-hydrogen) atoms. The summed E-state index contributed by atoms with van der Waals surface area (Å²) in [6.45, 7) is 0. The van der Waals surface area contributed by atoms with E-state index < -0.39 is 4.92 Å². The van der Waals surface area contributed by atoms with Crippen molar-refractivity contribution in [2.45, 2.75) is 0 Å². The molecule has 0 bridgehead atoms. The van der Waals surface area contributed by atoms with Gasteiger partial charge in [0.05, 0.1) is 10.5 Å². The van der Waals surface area contributed by atoms with Crippen LogP contribution in [0.15, 0.2) is 60.7 Å². The van der Waals surface area contributed by atoms with Crippen molar-refractivity contribution < 1.29 is 4.92 Å². The van der Waals surface area contributed by atoms with Crippen LogP contribution in [0.1, 0.15) is 11.1 Å². The first-order valence-electron chi connectivity index (χ1n) is 5.79. The third-order valence-electron chi connectivity index (χ3n) is 2.63. The highest BCUT2D eigenvalue weighted by molar-refractivity contribution is 8.12. The van der Waals surface area contributed by atoms with Gasteiger partial charge < -0.3 is 0 Å². The van der Waals surface area contributed by atoms with E-state index in [9.17, 15) is 10.1 Å². The van der Waals surface area contributed by atoms with Gasteiger partial charge in [0, 0.05) is 0 Å². The van der Waals surface area contributed by atoms with Gasteiger partial charge in [-0.05, 0) is 29.5 Å². The van der Waals surface area contributed by atoms with Crippen molar-refractivity contribution >= 4 is 22.4 Å². The average molecular weight is 282 g/mol. The summed E-state index contributed by atoms with van der Waals surface area (Å²) >= 11 is 0.804. The van der Waals surface area contributed by atoms with Gasteiger partial charge in [0.2, 0.25) is 0 Å². The smallest absolute Gasteiger partial charge is 0.258 e. The van der Waals surface area contributed by atoms with Crippen molar-refractivity contribution in [3.63, 3.8) is 0 Å². The Labute approximate surface area is 120 Å². The summed E-state index contributed by atoms with van der Waals surface area (Å²) in [6, 6.07) is 17.5. The monoisotopic (exact) mass is 282 g/mol. The number of thiocyanates is 1. The van der Waals surface area contributed by atoms with E-state index in [0.29, 0.717) is 16.0 Å². The zero-order valence-corrected chi connectivity index (χ0v) is 11.2. The van der Waals surface area contributed by atoms with Gasteiger partial charge in [-0.2, -0.15) is 5.26 Å². The van der Waals surface area contributed by atoms with Crippen molar-refractivity contribution in [3.8, 4) is 5.40 Å². The highest BCUT2D eigenvalue weighted by Gasteiger charge is 2.22. The van der Waals surface area contributed by atoms with Crippen LogP contribution in [0, 0.1) is 20.8 Å². The second-order valence-corrected chi connectivity index (χ2v) is 4.66. The first kappa shape index (κ1) is 13.8. The first-order chi connectivity index (χ1) is 9.74. The molecule has 0 amide bonds. The Morgan fingerprint density at radius 1 is 1.00 bits per heavy atom. The molecule has 98 valence electrons. The topological polar surface area (TPSA) is 66.9 Å². The van der Waals surface area contributed by atoms with E-state index in [2.05, 4.69) is 0 Å². The number of nitrogens with zero attached hydrogens (tertiary/aromatic N) is 2. The zero-order valence-electron chi connectivity index (χ0n) is 10.4. The molecular weight excluding hydrogens is 272 g/mol. The molecule has 2 aromatic carbocycles. The number of benzene rings is 2. The Kier molecular flexibility index (Phi) is 4.53. The van der Waals surface area contributed by atoms with Gasteiger partial charge in [0.1, 0.15) is 10.3 Å². The van der Waals surface area contributed by atoms with E-state index in [1.807, 2.05) is 11.5 Å². The van der Waals surface area contributed by atoms with Gasteiger partial charge in [-0.3, -0.25) is 10.1 Å². The number of nitro groups is 1. The second kappa shape index (κ2) is 6.55. The highest BCUT2D eigenvalue weighted by Crippen LogP contribution is 2.35. The lowest BCUT2D eigenvalue weighted by Gasteiger charge is -2.06. The predicted molar refractivity (Wildman–Crippen MR) is 79.9 cm³/mol. The molecule has 0 unspecified atom stereocenters. The van der Waals surface area contributed by atoms with E-state index in [-0.39, 0.29) is 5.70 Å². The number of hydrogen-bond acceptors (Lipinski definition) is 4. The summed E-state index contributed by atoms with van der Waals surface area (Å²) in [6.07, 6.45) is 0. The van der Waals surface area contributed by atoms with Gasteiger partial charge in [-0.25, -0.2) is 0 Å². The van der Waals surface area contributed by atoms with Crippen LogP contribution in [0.2, 0.25) is 0 Å². The van der Waals surface area contributed by atoms with Crippen LogP contribution >= 0.6 is 11.8 Å². The molecule has 0 atom stereocenters. The van der Waals surface area contributed by atoms with Crippen LogP contribution in [-0.4, -0.2) is 4.92 Å². The van der Waals surface area contributed by atoms with Crippen LogP contribution in [0.4, 0.5) is 0 Å². The SMILES string of the molecule is N#CS/C(=C(\c1ccccc1)[N+](=O)[O-])c1ccccc1. The van der Waals surface area contributed by atoms with E-state index in [1.54, 1.807) is 54.6 Å². The maximum Gasteiger partial charge on any atom is 0.291 e. The van der Waals surface area contributed by atoms with Crippen LogP contribution in [-0.2, 0) is 0 Å². The van der Waals surface area contributed by atoms with E-state index in [0.717, 1.165) is 11.8 Å². The van der Waals surface area contributed by atoms with Gasteiger partial charge in [-0.1, -0.05) is 48.5 Å². The highest BCUT2D eigenvalue weighted by atomic mass is 32.2. The Balaban J connectivity index is 2.68. The summed E-state index contributed by atoms with van der Waals surface area (Å²) in [5.41, 5.74) is 1.09. The van der Waals surface area contributed by atoms with Crippen LogP contribution < -0.4 is 0 Å². The fourth-order valence-electron chi connectivity index (χ4n) is 1.79. The summed E-state index contributed by atoms with van der Waals surface area (Å²) in [4.78, 5) is 11.3. The third kappa shape index (κ3) is 3.05. The first-order valence-corrected chi connectivity index (χ1v) is 6.61. The molecule has 4 nitrogen and oxygen atoms in total. The predicted octanol–water partition coefficient (Wildman–Crippen LogP) is 4.00. The molecule has 0 spiro atoms. The zero-order chi connectivity index (χ0) is 14.4. The summed E-state index contributed by atoms with van der Waals surface area (Å²) in [5, 5.41) is 22.3. The lowest BCUT2D eigenvalue weighted by molar-refractivity contribution is -0.374. The Bertz CT molecular complexity index is 676. The summed E-state index contributed by atoms with van der Waals surface area (Å²) < 4.78 is 0. The molecular formula is C15H10N2O2S. The molecule has 2 aromatic rings. The van der Waals surface area contributed by atoms with Crippen molar-refractivity contribution in [2.75, 3.05) is 0 Å². The molecule has 0 radical (unpaired) electrons. The number of nitriles is 1. The molecule has 0 heterocycles. The molecule has 5 heteroatoms. The van der Waals surface area contributed by atoms with Crippen LogP contribution in [0.3, 0.4) is 0 Å². The molecule has 0 saturated heterocycles. The van der Waals surface area contributed by atoms with Crippen molar-refractivity contribution in [2.24, 2.45) is 0 Å². The average Bonchev–Trinajstić information content (AvgIpc) is 2.48. The van der Waals surface area contributed by atoms with E-state index >= 15 is 0 Å². The van der Waals surface area contributed by atoms with Gasteiger partial charge in [0.25, 0.3) is 5.70 Å². The fraction of sp³-hybridized carbons (Fsp3) is 0. The Hall–Kier alpha value is -2.58. The molecule has 2 rings (SSSR count). The molecule has 0 aromatic heterocycles. The molecule has 0 aliphatic heterocycles. The third-order valence-corrected chi connectivity index (χ3v) is 3.35. The minimum atomic E-state index is -0.442. The number of thioether (sulfide) groups is 1. The van der Waals surface area contributed by atoms with Crippen molar-refractivity contribution in [1.82, 2.24) is 0 Å². The maximum atomic E-state index is 11.4. The Morgan fingerprint density at radius 2 is 1.50 bits per heavy atom. The summed E-state index contributed by atoms with van der Waals surface area (Å²) in [5.74, 6) is 0. The molecule has 0 saturated carbocycles. The second-order valence-electron chi connectivity index (χ2n) is 3.86.